The number of benzene rings is 1. The van der Waals surface area contributed by atoms with Crippen molar-refractivity contribution in [2.45, 2.75) is 25.6 Å². The summed E-state index contributed by atoms with van der Waals surface area (Å²) in [6.07, 6.45) is -5.48. The highest BCUT2D eigenvalue weighted by Crippen LogP contribution is 2.29. The van der Waals surface area contributed by atoms with Crippen molar-refractivity contribution in [1.82, 2.24) is 0 Å². The van der Waals surface area contributed by atoms with E-state index >= 15 is 0 Å². The predicted molar refractivity (Wildman–Crippen MR) is 48.7 cm³/mol. The molecule has 0 bridgehead atoms. The van der Waals surface area contributed by atoms with Crippen molar-refractivity contribution in [2.24, 2.45) is 5.73 Å². The molecule has 1 atom stereocenters. The van der Waals surface area contributed by atoms with E-state index in [4.69, 9.17) is 5.73 Å². The summed E-state index contributed by atoms with van der Waals surface area (Å²) in [7, 11) is 0. The molecule has 0 heterocycles. The van der Waals surface area contributed by atoms with Crippen LogP contribution in [0.15, 0.2) is 18.2 Å². The van der Waals surface area contributed by atoms with Gasteiger partial charge in [-0.15, -0.1) is 0 Å². The van der Waals surface area contributed by atoms with Gasteiger partial charge in [0.25, 0.3) is 0 Å². The zero-order valence-corrected chi connectivity index (χ0v) is 8.11. The molecular formula is C10H11F4N. The molecule has 15 heavy (non-hydrogen) atoms. The first-order valence-corrected chi connectivity index (χ1v) is 4.38. The van der Waals surface area contributed by atoms with Crippen LogP contribution in [-0.2, 0) is 0 Å². The van der Waals surface area contributed by atoms with Gasteiger partial charge in [-0.05, 0) is 24.1 Å². The van der Waals surface area contributed by atoms with Crippen LogP contribution in [0.4, 0.5) is 17.6 Å². The Balaban J connectivity index is 2.92. The van der Waals surface area contributed by atoms with Gasteiger partial charge < -0.3 is 5.73 Å². The fourth-order valence-electron chi connectivity index (χ4n) is 1.39. The van der Waals surface area contributed by atoms with Crippen LogP contribution < -0.4 is 5.73 Å². The summed E-state index contributed by atoms with van der Waals surface area (Å²) >= 11 is 0. The molecule has 84 valence electrons. The molecule has 5 heteroatoms. The molecule has 0 unspecified atom stereocenters. The smallest absolute Gasteiger partial charge is 0.324 e. The Morgan fingerprint density at radius 1 is 1.33 bits per heavy atom. The first-order valence-electron chi connectivity index (χ1n) is 4.38. The maximum Gasteiger partial charge on any atom is 0.390 e. The lowest BCUT2D eigenvalue weighted by molar-refractivity contribution is -0.138. The molecule has 1 rings (SSSR count). The van der Waals surface area contributed by atoms with Gasteiger partial charge in [-0.25, -0.2) is 4.39 Å². The van der Waals surface area contributed by atoms with E-state index in [9.17, 15) is 17.6 Å². The third-order valence-electron chi connectivity index (χ3n) is 2.16. The second-order valence-corrected chi connectivity index (χ2v) is 3.38. The minimum Gasteiger partial charge on any atom is -0.324 e. The zero-order valence-electron chi connectivity index (χ0n) is 8.11. The summed E-state index contributed by atoms with van der Waals surface area (Å²) in [4.78, 5) is 0. The topological polar surface area (TPSA) is 26.0 Å². The van der Waals surface area contributed by atoms with Crippen molar-refractivity contribution >= 4 is 0 Å². The molecule has 0 saturated carbocycles. The summed E-state index contributed by atoms with van der Waals surface area (Å²) in [6, 6.07) is 2.75. The highest BCUT2D eigenvalue weighted by molar-refractivity contribution is 5.29. The van der Waals surface area contributed by atoms with Gasteiger partial charge in [0.15, 0.2) is 0 Å². The Morgan fingerprint density at radius 3 is 2.47 bits per heavy atom. The minimum atomic E-state index is -4.34. The van der Waals surface area contributed by atoms with E-state index in [2.05, 4.69) is 0 Å². The number of hydrogen-bond donors (Lipinski definition) is 1. The SMILES string of the molecule is Cc1c(F)cccc1[C@@H](N)CC(F)(F)F. The number of alkyl halides is 3. The molecule has 1 aromatic carbocycles. The van der Waals surface area contributed by atoms with Crippen LogP contribution in [0.3, 0.4) is 0 Å². The van der Waals surface area contributed by atoms with Crippen molar-refractivity contribution in [3.8, 4) is 0 Å². The fourth-order valence-corrected chi connectivity index (χ4v) is 1.39. The predicted octanol–water partition coefficient (Wildman–Crippen LogP) is 3.09. The molecule has 0 spiro atoms. The Bertz CT molecular complexity index is 346. The van der Waals surface area contributed by atoms with Crippen molar-refractivity contribution in [3.63, 3.8) is 0 Å². The van der Waals surface area contributed by atoms with Gasteiger partial charge in [-0.2, -0.15) is 13.2 Å². The maximum atomic E-state index is 13.0. The van der Waals surface area contributed by atoms with Gasteiger partial charge in [-0.3, -0.25) is 0 Å². The Morgan fingerprint density at radius 2 is 1.93 bits per heavy atom. The second kappa shape index (κ2) is 4.18. The van der Waals surface area contributed by atoms with Crippen LogP contribution in [0.5, 0.6) is 0 Å². The number of halogens is 4. The first-order chi connectivity index (χ1) is 6.81. The third-order valence-corrected chi connectivity index (χ3v) is 2.16. The monoisotopic (exact) mass is 221 g/mol. The average Bonchev–Trinajstić information content (AvgIpc) is 2.06. The van der Waals surface area contributed by atoms with E-state index in [-0.39, 0.29) is 11.1 Å². The third kappa shape index (κ3) is 3.20. The highest BCUT2D eigenvalue weighted by atomic mass is 19.4. The number of nitrogens with two attached hydrogens (primary N) is 1. The number of hydrogen-bond acceptors (Lipinski definition) is 1. The van der Waals surface area contributed by atoms with Crippen molar-refractivity contribution < 1.29 is 17.6 Å². The summed E-state index contributed by atoms with van der Waals surface area (Å²) in [6.45, 7) is 1.42. The minimum absolute atomic E-state index is 0.175. The van der Waals surface area contributed by atoms with Crippen molar-refractivity contribution in [3.05, 3.63) is 35.1 Å². The van der Waals surface area contributed by atoms with Gasteiger partial charge in [0.2, 0.25) is 0 Å². The fraction of sp³-hybridized carbons (Fsp3) is 0.400. The van der Waals surface area contributed by atoms with Crippen LogP contribution in [0.25, 0.3) is 0 Å². The van der Waals surface area contributed by atoms with Gasteiger partial charge in [0.05, 0.1) is 6.42 Å². The van der Waals surface area contributed by atoms with Crippen LogP contribution >= 0.6 is 0 Å². The molecule has 1 nitrogen and oxygen atoms in total. The Labute approximate surface area is 84.9 Å². The lowest BCUT2D eigenvalue weighted by atomic mass is 9.99. The molecule has 0 aliphatic carbocycles. The molecule has 0 aliphatic rings. The average molecular weight is 221 g/mol. The summed E-state index contributed by atoms with van der Waals surface area (Å²) in [5.74, 6) is -0.537. The van der Waals surface area contributed by atoms with E-state index in [1.54, 1.807) is 0 Å². The van der Waals surface area contributed by atoms with Gasteiger partial charge in [0, 0.05) is 6.04 Å². The van der Waals surface area contributed by atoms with Crippen LogP contribution in [-0.4, -0.2) is 6.18 Å². The largest absolute Gasteiger partial charge is 0.390 e. The molecule has 0 saturated heterocycles. The van der Waals surface area contributed by atoms with E-state index in [1.165, 1.54) is 25.1 Å². The van der Waals surface area contributed by atoms with Gasteiger partial charge in [0.1, 0.15) is 5.82 Å². The Kier molecular flexibility index (Phi) is 3.34. The Hall–Kier alpha value is -1.10. The molecule has 1 aromatic rings. The van der Waals surface area contributed by atoms with Gasteiger partial charge >= 0.3 is 6.18 Å². The lowest BCUT2D eigenvalue weighted by Gasteiger charge is -2.16. The summed E-state index contributed by atoms with van der Waals surface area (Å²) in [5, 5.41) is 0. The van der Waals surface area contributed by atoms with E-state index in [0.29, 0.717) is 0 Å². The van der Waals surface area contributed by atoms with Crippen molar-refractivity contribution in [1.29, 1.82) is 0 Å². The van der Waals surface area contributed by atoms with E-state index in [1.807, 2.05) is 0 Å². The molecule has 2 N–H and O–H groups in total. The zero-order chi connectivity index (χ0) is 11.6. The molecule has 0 fully saturated rings. The normalized spacial score (nSPS) is 14.0. The van der Waals surface area contributed by atoms with Crippen LogP contribution in [0, 0.1) is 12.7 Å². The van der Waals surface area contributed by atoms with E-state index in [0.717, 1.165) is 0 Å². The highest BCUT2D eigenvalue weighted by Gasteiger charge is 2.31. The molecule has 0 amide bonds. The van der Waals surface area contributed by atoms with Crippen molar-refractivity contribution in [2.75, 3.05) is 0 Å². The molecule has 0 radical (unpaired) electrons. The van der Waals surface area contributed by atoms with Gasteiger partial charge in [-0.1, -0.05) is 12.1 Å². The molecule has 0 aliphatic heterocycles. The maximum absolute atomic E-state index is 13.0. The summed E-state index contributed by atoms with van der Waals surface area (Å²) < 4.78 is 49.2. The van der Waals surface area contributed by atoms with Crippen LogP contribution in [0.1, 0.15) is 23.6 Å². The lowest BCUT2D eigenvalue weighted by Crippen LogP contribution is -2.21. The van der Waals surface area contributed by atoms with E-state index < -0.39 is 24.5 Å². The standard InChI is InChI=1S/C10H11F4N/c1-6-7(3-2-4-8(6)11)9(15)5-10(12,13)14/h2-4,9H,5,15H2,1H3/t9-/m0/s1. The van der Waals surface area contributed by atoms with Crippen LogP contribution in [0.2, 0.25) is 0 Å². The molecular weight excluding hydrogens is 210 g/mol. The first kappa shape index (κ1) is 12.0. The number of rotatable bonds is 2. The quantitative estimate of drug-likeness (QED) is 0.763. The summed E-state index contributed by atoms with van der Waals surface area (Å²) in [5.41, 5.74) is 5.74. The molecule has 0 aromatic heterocycles. The second-order valence-electron chi connectivity index (χ2n) is 3.38.